The van der Waals surface area contributed by atoms with Crippen molar-refractivity contribution in [1.82, 2.24) is 0 Å². The number of rotatable bonds is 7. The number of para-hydroxylation sites is 2. The minimum atomic E-state index is -0.784. The van der Waals surface area contributed by atoms with Crippen LogP contribution in [-0.2, 0) is 14.4 Å². The van der Waals surface area contributed by atoms with E-state index < -0.39 is 17.8 Å². The van der Waals surface area contributed by atoms with Crippen LogP contribution < -0.4 is 19.9 Å². The first-order valence-electron chi connectivity index (χ1n) is 13.1. The molecule has 0 atom stereocenters. The molecule has 4 aromatic rings. The van der Waals surface area contributed by atoms with E-state index in [1.165, 1.54) is 6.08 Å². The average molecular weight is 624 g/mol. The van der Waals surface area contributed by atoms with Crippen molar-refractivity contribution in [3.8, 4) is 5.75 Å². The lowest BCUT2D eigenvalue weighted by Crippen LogP contribution is -2.57. The summed E-state index contributed by atoms with van der Waals surface area (Å²) in [6, 6.07) is 26.8. The van der Waals surface area contributed by atoms with Crippen molar-refractivity contribution in [3.05, 3.63) is 124 Å². The van der Waals surface area contributed by atoms with E-state index in [-0.39, 0.29) is 23.8 Å². The molecule has 0 aliphatic carbocycles. The van der Waals surface area contributed by atoms with Crippen LogP contribution in [0.5, 0.6) is 5.75 Å². The molecule has 9 heteroatoms. The third-order valence-corrected chi connectivity index (χ3v) is 7.07. The minimum Gasteiger partial charge on any atom is -0.483 e. The molecule has 0 bridgehead atoms. The Kier molecular flexibility index (Phi) is 8.31. The van der Waals surface area contributed by atoms with Crippen LogP contribution in [0.3, 0.4) is 0 Å². The van der Waals surface area contributed by atoms with Crippen LogP contribution in [0.2, 0.25) is 0 Å². The second-order valence-electron chi connectivity index (χ2n) is 9.63. The molecule has 1 aliphatic heterocycles. The zero-order chi connectivity index (χ0) is 29.8. The van der Waals surface area contributed by atoms with Crippen molar-refractivity contribution in [2.45, 2.75) is 13.8 Å². The fraction of sp³-hybridized carbons (Fsp3) is 0.0909. The van der Waals surface area contributed by atoms with E-state index >= 15 is 0 Å². The molecule has 0 saturated carbocycles. The quantitative estimate of drug-likeness (QED) is 0.183. The Hall–Kier alpha value is -5.02. The van der Waals surface area contributed by atoms with Gasteiger partial charge in [0, 0.05) is 15.7 Å². The Labute approximate surface area is 251 Å². The highest BCUT2D eigenvalue weighted by atomic mass is 79.9. The van der Waals surface area contributed by atoms with Crippen molar-refractivity contribution in [1.29, 1.82) is 0 Å². The van der Waals surface area contributed by atoms with E-state index in [9.17, 15) is 19.2 Å². The molecular formula is C33H26BrN3O5. The predicted octanol–water partition coefficient (Wildman–Crippen LogP) is 6.67. The number of carbonyl (C=O) groups excluding carboxylic acids is 4. The lowest BCUT2D eigenvalue weighted by atomic mass is 10.0. The molecule has 1 fully saturated rings. The molecule has 0 aromatic heterocycles. The SMILES string of the molecule is Cc1ccc(C)c(NC(=O)COc2ccc(Br)cc2C=C2C(=O)N(c3ccccc3)C(=O)N(c3ccccc3)C2=O)c1. The lowest BCUT2D eigenvalue weighted by molar-refractivity contribution is -0.121. The molecule has 0 spiro atoms. The summed E-state index contributed by atoms with van der Waals surface area (Å²) in [6.45, 7) is 3.53. The molecule has 0 unspecified atom stereocenters. The Morgan fingerprint density at radius 1 is 0.810 bits per heavy atom. The molecule has 42 heavy (non-hydrogen) atoms. The standard InChI is InChI=1S/C33H26BrN3O5/c1-21-13-14-22(2)28(17-21)35-30(38)20-42-29-16-15-24(34)18-23(29)19-27-31(39)36(25-9-5-3-6-10-25)33(41)37(32(27)40)26-11-7-4-8-12-26/h3-19H,20H2,1-2H3,(H,35,38). The molecular weight excluding hydrogens is 598 g/mol. The predicted molar refractivity (Wildman–Crippen MR) is 165 cm³/mol. The summed E-state index contributed by atoms with van der Waals surface area (Å²) >= 11 is 3.43. The number of hydrogen-bond donors (Lipinski definition) is 1. The second kappa shape index (κ2) is 12.2. The van der Waals surface area contributed by atoms with Gasteiger partial charge in [0.2, 0.25) is 0 Å². The van der Waals surface area contributed by atoms with Gasteiger partial charge in [0.05, 0.1) is 11.4 Å². The maximum absolute atomic E-state index is 13.7. The summed E-state index contributed by atoms with van der Waals surface area (Å²) in [6.07, 6.45) is 1.38. The van der Waals surface area contributed by atoms with E-state index in [2.05, 4.69) is 21.2 Å². The number of nitrogens with zero attached hydrogens (tertiary/aromatic N) is 2. The zero-order valence-corrected chi connectivity index (χ0v) is 24.4. The summed E-state index contributed by atoms with van der Waals surface area (Å²) in [5.41, 5.74) is 3.38. The highest BCUT2D eigenvalue weighted by molar-refractivity contribution is 9.10. The van der Waals surface area contributed by atoms with E-state index in [4.69, 9.17) is 4.74 Å². The number of halogens is 1. The summed E-state index contributed by atoms with van der Waals surface area (Å²) in [4.78, 5) is 55.7. The van der Waals surface area contributed by atoms with E-state index in [0.717, 1.165) is 20.9 Å². The van der Waals surface area contributed by atoms with Gasteiger partial charge >= 0.3 is 6.03 Å². The number of imide groups is 2. The van der Waals surface area contributed by atoms with Crippen LogP contribution in [-0.4, -0.2) is 30.4 Å². The van der Waals surface area contributed by atoms with Crippen molar-refractivity contribution in [3.63, 3.8) is 0 Å². The van der Waals surface area contributed by atoms with Gasteiger partial charge in [0.1, 0.15) is 11.3 Å². The molecule has 5 amide bonds. The zero-order valence-electron chi connectivity index (χ0n) is 22.8. The van der Waals surface area contributed by atoms with Gasteiger partial charge in [0.15, 0.2) is 6.61 Å². The Balaban J connectivity index is 1.49. The number of hydrogen-bond acceptors (Lipinski definition) is 5. The number of amides is 5. The van der Waals surface area contributed by atoms with E-state index in [1.54, 1.807) is 78.9 Å². The third-order valence-electron chi connectivity index (χ3n) is 6.58. The molecule has 1 aliphatic rings. The Morgan fingerprint density at radius 2 is 1.40 bits per heavy atom. The fourth-order valence-corrected chi connectivity index (χ4v) is 4.84. The molecule has 1 N–H and O–H groups in total. The topological polar surface area (TPSA) is 96.0 Å². The van der Waals surface area contributed by atoms with Crippen molar-refractivity contribution < 1.29 is 23.9 Å². The van der Waals surface area contributed by atoms with Gasteiger partial charge < -0.3 is 10.1 Å². The van der Waals surface area contributed by atoms with E-state index in [0.29, 0.717) is 27.1 Å². The normalized spacial score (nSPS) is 13.3. The summed E-state index contributed by atoms with van der Waals surface area (Å²) < 4.78 is 6.52. The summed E-state index contributed by atoms with van der Waals surface area (Å²) in [7, 11) is 0. The number of barbiturate groups is 1. The van der Waals surface area contributed by atoms with Crippen LogP contribution in [0.25, 0.3) is 6.08 Å². The van der Waals surface area contributed by atoms with Gasteiger partial charge in [-0.15, -0.1) is 0 Å². The van der Waals surface area contributed by atoms with Crippen molar-refractivity contribution in [2.24, 2.45) is 0 Å². The molecule has 210 valence electrons. The number of ether oxygens (including phenoxy) is 1. The second-order valence-corrected chi connectivity index (χ2v) is 10.5. The van der Waals surface area contributed by atoms with Crippen LogP contribution in [0.15, 0.2) is 107 Å². The van der Waals surface area contributed by atoms with Gasteiger partial charge in [-0.05, 0) is 79.6 Å². The van der Waals surface area contributed by atoms with Crippen LogP contribution >= 0.6 is 15.9 Å². The molecule has 4 aromatic carbocycles. The van der Waals surface area contributed by atoms with E-state index in [1.807, 2.05) is 32.0 Å². The van der Waals surface area contributed by atoms with Gasteiger partial charge in [-0.1, -0.05) is 64.5 Å². The number of aryl methyl sites for hydroxylation is 2. The molecule has 1 heterocycles. The molecule has 1 saturated heterocycles. The Morgan fingerprint density at radius 3 is 2.00 bits per heavy atom. The maximum atomic E-state index is 13.7. The van der Waals surface area contributed by atoms with Crippen molar-refractivity contribution in [2.75, 3.05) is 21.7 Å². The first kappa shape index (κ1) is 28.5. The highest BCUT2D eigenvalue weighted by Crippen LogP contribution is 2.32. The number of carbonyl (C=O) groups is 4. The number of anilines is 3. The molecule has 5 rings (SSSR count). The van der Waals surface area contributed by atoms with Gasteiger partial charge in [-0.3, -0.25) is 14.4 Å². The number of nitrogens with one attached hydrogen (secondary N) is 1. The van der Waals surface area contributed by atoms with Gasteiger partial charge in [-0.2, -0.15) is 0 Å². The monoisotopic (exact) mass is 623 g/mol. The lowest BCUT2D eigenvalue weighted by Gasteiger charge is -2.34. The maximum Gasteiger partial charge on any atom is 0.343 e. The van der Waals surface area contributed by atoms with Gasteiger partial charge in [0.25, 0.3) is 17.7 Å². The average Bonchev–Trinajstić information content (AvgIpc) is 2.98. The fourth-order valence-electron chi connectivity index (χ4n) is 4.46. The number of urea groups is 1. The highest BCUT2D eigenvalue weighted by Gasteiger charge is 2.43. The third kappa shape index (κ3) is 6.01. The van der Waals surface area contributed by atoms with Crippen LogP contribution in [0.4, 0.5) is 21.9 Å². The largest absolute Gasteiger partial charge is 0.483 e. The Bertz CT molecular complexity index is 1660. The summed E-state index contributed by atoms with van der Waals surface area (Å²) in [5.74, 6) is -1.65. The van der Waals surface area contributed by atoms with Crippen molar-refractivity contribution >= 4 is 62.8 Å². The minimum absolute atomic E-state index is 0.245. The van der Waals surface area contributed by atoms with Crippen LogP contribution in [0, 0.1) is 13.8 Å². The van der Waals surface area contributed by atoms with Gasteiger partial charge in [-0.25, -0.2) is 14.6 Å². The first-order valence-corrected chi connectivity index (χ1v) is 13.9. The van der Waals surface area contributed by atoms with Crippen LogP contribution in [0.1, 0.15) is 16.7 Å². The summed E-state index contributed by atoms with van der Waals surface area (Å²) in [5, 5.41) is 2.85. The first-order chi connectivity index (χ1) is 20.2. The molecule has 0 radical (unpaired) electrons. The molecule has 8 nitrogen and oxygen atoms in total. The smallest absolute Gasteiger partial charge is 0.343 e. The number of benzene rings is 4.